The number of aromatic nitrogens is 2. The molecule has 0 atom stereocenters. The van der Waals surface area contributed by atoms with E-state index in [0.717, 1.165) is 11.4 Å². The van der Waals surface area contributed by atoms with Crippen LogP contribution < -0.4 is 20.7 Å². The molecule has 4 heteroatoms. The first-order chi connectivity index (χ1) is 35.1. The van der Waals surface area contributed by atoms with E-state index in [1.54, 1.807) is 0 Å². The Morgan fingerprint density at radius 3 is 1.51 bits per heavy atom. The quantitative estimate of drug-likeness (QED) is 0.0981. The van der Waals surface area contributed by atoms with Crippen molar-refractivity contribution >= 4 is 84.2 Å². The monoisotopic (exact) mass is 940 g/mol. The maximum atomic E-state index is 2.51. The third kappa shape index (κ3) is 7.17. The van der Waals surface area contributed by atoms with Crippen LogP contribution in [0, 0.1) is 6.92 Å². The van der Waals surface area contributed by atoms with Crippen molar-refractivity contribution in [1.82, 2.24) is 9.13 Å². The van der Waals surface area contributed by atoms with Crippen LogP contribution in [0.25, 0.3) is 77.2 Å². The summed E-state index contributed by atoms with van der Waals surface area (Å²) in [6.45, 7) is 2.26. The van der Waals surface area contributed by atoms with Gasteiger partial charge in [-0.2, -0.15) is 0 Å². The highest BCUT2D eigenvalue weighted by Crippen LogP contribution is 2.42. The van der Waals surface area contributed by atoms with Crippen LogP contribution >= 0.6 is 11.8 Å². The highest BCUT2D eigenvalue weighted by Gasteiger charge is 2.41. The summed E-state index contributed by atoms with van der Waals surface area (Å²) in [5, 5.41) is 10.4. The topological polar surface area (TPSA) is 9.86 Å². The summed E-state index contributed by atoms with van der Waals surface area (Å²) in [5.74, 6) is 0. The number of benzene rings is 11. The molecule has 336 valence electrons. The molecule has 13 rings (SSSR count). The lowest BCUT2D eigenvalue weighted by Crippen LogP contribution is -2.74. The molecule has 0 saturated carbocycles. The zero-order chi connectivity index (χ0) is 47.3. The van der Waals surface area contributed by atoms with Crippen LogP contribution in [0.3, 0.4) is 0 Å². The van der Waals surface area contributed by atoms with Gasteiger partial charge in [0.25, 0.3) is 0 Å². The number of nitrogens with zero attached hydrogens (tertiary/aromatic N) is 2. The van der Waals surface area contributed by atoms with Crippen LogP contribution in [0.1, 0.15) is 5.56 Å². The fourth-order valence-electron chi connectivity index (χ4n) is 11.4. The summed E-state index contributed by atoms with van der Waals surface area (Å²) >= 11 is 1.82. The van der Waals surface area contributed by atoms with Gasteiger partial charge in [-0.25, -0.2) is 0 Å². The van der Waals surface area contributed by atoms with E-state index in [2.05, 4.69) is 289 Å². The highest BCUT2D eigenvalue weighted by molar-refractivity contribution is 7.99. The van der Waals surface area contributed by atoms with Crippen molar-refractivity contribution in [2.24, 2.45) is 0 Å². The lowest BCUT2D eigenvalue weighted by atomic mass is 9.94. The Kier molecular flexibility index (Phi) is 10.7. The Bertz CT molecular complexity index is 3990. The van der Waals surface area contributed by atoms with Gasteiger partial charge >= 0.3 is 0 Å². The number of hydrogen-bond donors (Lipinski definition) is 0. The molecular weight excluding hydrogens is 893 g/mol. The van der Waals surface area contributed by atoms with Crippen molar-refractivity contribution in [1.29, 1.82) is 0 Å². The lowest BCUT2D eigenvalue weighted by Gasteiger charge is -2.34. The third-order valence-corrected chi connectivity index (χ3v) is 20.3. The van der Waals surface area contributed by atoms with Gasteiger partial charge in [-0.05, 0) is 105 Å². The molecular formula is C67H48N2SSi. The summed E-state index contributed by atoms with van der Waals surface area (Å²) in [6, 6.07) is 101. The molecule has 0 aliphatic heterocycles. The summed E-state index contributed by atoms with van der Waals surface area (Å²) in [4.78, 5) is 2.49. The van der Waals surface area contributed by atoms with Gasteiger partial charge in [0, 0.05) is 48.3 Å². The smallest absolute Gasteiger partial charge is 0.179 e. The van der Waals surface area contributed by atoms with Crippen molar-refractivity contribution < 1.29 is 0 Å². The fraction of sp³-hybridized carbons (Fsp3) is 0.0149. The first-order valence-corrected chi connectivity index (χ1v) is 27.2. The maximum Gasteiger partial charge on any atom is 0.179 e. The zero-order valence-electron chi connectivity index (χ0n) is 39.3. The van der Waals surface area contributed by atoms with E-state index in [0.29, 0.717) is 0 Å². The molecule has 13 aromatic rings. The molecule has 0 aliphatic rings. The van der Waals surface area contributed by atoms with Crippen molar-refractivity contribution in [2.45, 2.75) is 16.7 Å². The van der Waals surface area contributed by atoms with E-state index in [4.69, 9.17) is 0 Å². The molecule has 0 aliphatic carbocycles. The average molecular weight is 941 g/mol. The van der Waals surface area contributed by atoms with Gasteiger partial charge < -0.3 is 9.13 Å². The Labute approximate surface area is 419 Å². The molecule has 0 radical (unpaired) electrons. The number of hydrogen-bond acceptors (Lipinski definition) is 1. The second-order valence-electron chi connectivity index (χ2n) is 18.4. The molecule has 0 saturated heterocycles. The van der Waals surface area contributed by atoms with Crippen LogP contribution in [0.2, 0.25) is 0 Å². The Hall–Kier alpha value is -8.41. The number of para-hydroxylation sites is 3. The molecule has 0 fully saturated rings. The second kappa shape index (κ2) is 17.8. The van der Waals surface area contributed by atoms with E-state index in [9.17, 15) is 0 Å². The van der Waals surface area contributed by atoms with E-state index < -0.39 is 8.07 Å². The van der Waals surface area contributed by atoms with Gasteiger partial charge in [-0.15, -0.1) is 0 Å². The van der Waals surface area contributed by atoms with Crippen LogP contribution in [0.15, 0.2) is 283 Å². The van der Waals surface area contributed by atoms with E-state index in [1.165, 1.54) is 102 Å². The van der Waals surface area contributed by atoms with Crippen molar-refractivity contribution in [2.75, 3.05) is 0 Å². The first kappa shape index (κ1) is 42.7. The molecule has 0 amide bonds. The summed E-state index contributed by atoms with van der Waals surface area (Å²) in [6.07, 6.45) is 0. The molecule has 11 aromatic carbocycles. The van der Waals surface area contributed by atoms with Gasteiger partial charge in [0.2, 0.25) is 0 Å². The minimum absolute atomic E-state index is 1.12. The van der Waals surface area contributed by atoms with Crippen molar-refractivity contribution in [3.8, 4) is 33.6 Å². The van der Waals surface area contributed by atoms with Crippen LogP contribution in [0.5, 0.6) is 0 Å². The second-order valence-corrected chi connectivity index (χ2v) is 23.4. The standard InChI is InChI=1S/C67H48N2SSi/c1-47-44-48(40-42-56(47)61-34-16-19-39-66(61)70-51-23-6-2-7-24-51)57-35-21-36-62-59-33-15-18-38-64(59)69(67(57)62)50-41-43-60-58-32-14-17-37-63(58)68(65(60)46-50)49-22-20-31-55(45-49)71(52-25-8-3-9-26-52,53-27-10-4-11-28-53)54-29-12-5-13-30-54/h2-46H,1H3. The molecule has 2 heterocycles. The van der Waals surface area contributed by atoms with Crippen LogP contribution in [-0.4, -0.2) is 17.2 Å². The van der Waals surface area contributed by atoms with Gasteiger partial charge in [-0.1, -0.05) is 230 Å². The minimum Gasteiger partial charge on any atom is -0.309 e. The van der Waals surface area contributed by atoms with Gasteiger partial charge in [-0.3, -0.25) is 0 Å². The molecule has 71 heavy (non-hydrogen) atoms. The molecule has 0 N–H and O–H groups in total. The average Bonchev–Trinajstić information content (AvgIpc) is 3.95. The van der Waals surface area contributed by atoms with E-state index in [-0.39, 0.29) is 0 Å². The van der Waals surface area contributed by atoms with Crippen molar-refractivity contribution in [3.63, 3.8) is 0 Å². The number of aryl methyl sites for hydroxylation is 1. The van der Waals surface area contributed by atoms with Gasteiger partial charge in [0.15, 0.2) is 8.07 Å². The van der Waals surface area contributed by atoms with Gasteiger partial charge in [0.1, 0.15) is 0 Å². The fourth-order valence-corrected chi connectivity index (χ4v) is 17.1. The molecule has 0 bridgehead atoms. The lowest BCUT2D eigenvalue weighted by molar-refractivity contribution is 1.16. The SMILES string of the molecule is Cc1cc(-c2cccc3c4ccccc4n(-c4ccc5c6ccccc6n(-c6cccc([Si](c7ccccc7)(c7ccccc7)c7ccccc7)c6)c5c4)c23)ccc1-c1ccccc1Sc1ccccc1. The van der Waals surface area contributed by atoms with Crippen LogP contribution in [0.4, 0.5) is 0 Å². The Balaban J connectivity index is 1.00. The predicted octanol–water partition coefficient (Wildman–Crippen LogP) is 15.1. The minimum atomic E-state index is -2.80. The van der Waals surface area contributed by atoms with Crippen molar-refractivity contribution in [3.05, 3.63) is 279 Å². The molecule has 2 nitrogen and oxygen atoms in total. The summed E-state index contributed by atoms with van der Waals surface area (Å²) in [7, 11) is -2.80. The molecule has 2 aromatic heterocycles. The summed E-state index contributed by atoms with van der Waals surface area (Å²) in [5.41, 5.74) is 13.2. The van der Waals surface area contributed by atoms with Gasteiger partial charge in [0.05, 0.1) is 22.1 Å². The van der Waals surface area contributed by atoms with E-state index in [1.807, 2.05) is 11.8 Å². The maximum absolute atomic E-state index is 2.80. The zero-order valence-corrected chi connectivity index (χ0v) is 41.1. The Morgan fingerprint density at radius 2 is 0.831 bits per heavy atom. The Morgan fingerprint density at radius 1 is 0.324 bits per heavy atom. The summed E-state index contributed by atoms with van der Waals surface area (Å²) < 4.78 is 5.01. The van der Waals surface area contributed by atoms with Crippen LogP contribution in [-0.2, 0) is 0 Å². The number of rotatable bonds is 10. The first-order valence-electron chi connectivity index (χ1n) is 24.4. The normalized spacial score (nSPS) is 11.8. The highest BCUT2D eigenvalue weighted by atomic mass is 32.2. The number of fused-ring (bicyclic) bond motifs is 6. The third-order valence-electron chi connectivity index (χ3n) is 14.5. The largest absolute Gasteiger partial charge is 0.309 e. The predicted molar refractivity (Wildman–Crippen MR) is 305 cm³/mol. The van der Waals surface area contributed by atoms with E-state index >= 15 is 0 Å². The molecule has 0 spiro atoms. The molecule has 0 unspecified atom stereocenters.